The van der Waals surface area contributed by atoms with Crippen LogP contribution in [-0.4, -0.2) is 35.6 Å². The van der Waals surface area contributed by atoms with E-state index >= 15 is 0 Å². The second kappa shape index (κ2) is 7.89. The number of nitriles is 1. The van der Waals surface area contributed by atoms with Crippen molar-refractivity contribution in [3.63, 3.8) is 0 Å². The molecule has 2 aliphatic rings. The maximum atomic E-state index is 10.4. The summed E-state index contributed by atoms with van der Waals surface area (Å²) in [6.45, 7) is 4.30. The number of imidazole rings is 1. The van der Waals surface area contributed by atoms with Gasteiger partial charge in [0.15, 0.2) is 5.65 Å². The van der Waals surface area contributed by atoms with E-state index in [-0.39, 0.29) is 0 Å². The van der Waals surface area contributed by atoms with Crippen LogP contribution in [0.15, 0.2) is 42.5 Å². The summed E-state index contributed by atoms with van der Waals surface area (Å²) in [5.74, 6) is 0. The first-order chi connectivity index (χ1) is 16.8. The van der Waals surface area contributed by atoms with E-state index in [0.717, 1.165) is 48.5 Å². The van der Waals surface area contributed by atoms with Crippen LogP contribution in [-0.2, 0) is 0 Å². The molecule has 0 bridgehead atoms. The van der Waals surface area contributed by atoms with Crippen LogP contribution in [0.1, 0.15) is 44.1 Å². The van der Waals surface area contributed by atoms with Gasteiger partial charge in [0.1, 0.15) is 11.6 Å². The highest BCUT2D eigenvalue weighted by molar-refractivity contribution is 7.26. The molecule has 5 nitrogen and oxygen atoms in total. The quantitative estimate of drug-likeness (QED) is 0.291. The van der Waals surface area contributed by atoms with Crippen molar-refractivity contribution in [3.05, 3.63) is 48.0 Å². The van der Waals surface area contributed by atoms with Crippen molar-refractivity contribution in [2.75, 3.05) is 36.0 Å². The van der Waals surface area contributed by atoms with Gasteiger partial charge in [-0.1, -0.05) is 12.1 Å². The summed E-state index contributed by atoms with van der Waals surface area (Å²) in [6.07, 6.45) is 7.51. The molecule has 0 unspecified atom stereocenters. The molecule has 3 aromatic heterocycles. The zero-order valence-electron chi connectivity index (χ0n) is 19.3. The van der Waals surface area contributed by atoms with Gasteiger partial charge in [-0.05, 0) is 68.9 Å². The van der Waals surface area contributed by atoms with E-state index < -0.39 is 0 Å². The molecule has 0 spiro atoms. The lowest BCUT2D eigenvalue weighted by molar-refractivity contribution is 0.578. The summed E-state index contributed by atoms with van der Waals surface area (Å²) < 4.78 is 4.76. The third kappa shape index (κ3) is 2.93. The van der Waals surface area contributed by atoms with Crippen molar-refractivity contribution in [3.8, 4) is 6.07 Å². The summed E-state index contributed by atoms with van der Waals surface area (Å²) in [6, 6.07) is 17.8. The van der Waals surface area contributed by atoms with Gasteiger partial charge in [-0.3, -0.25) is 4.40 Å². The summed E-state index contributed by atoms with van der Waals surface area (Å²) in [5, 5.41) is 11.6. The fourth-order valence-corrected chi connectivity index (χ4v) is 7.26. The van der Waals surface area contributed by atoms with E-state index in [9.17, 15) is 5.26 Å². The highest BCUT2D eigenvalue weighted by atomic mass is 32.1. The third-order valence-corrected chi connectivity index (χ3v) is 8.76. The molecule has 170 valence electrons. The molecular formula is C28H27N5S. The minimum absolute atomic E-state index is 0.716. The molecule has 0 N–H and O–H groups in total. The fraction of sp³-hybridized carbons (Fsp3) is 0.357. The molecule has 2 fully saturated rings. The van der Waals surface area contributed by atoms with E-state index in [0.29, 0.717) is 5.56 Å². The maximum Gasteiger partial charge on any atom is 0.158 e. The first kappa shape index (κ1) is 20.1. The number of rotatable bonds is 2. The molecule has 2 saturated heterocycles. The van der Waals surface area contributed by atoms with Gasteiger partial charge in [-0.15, -0.1) is 11.3 Å². The Morgan fingerprint density at radius 3 is 2.35 bits per heavy atom. The number of aromatic nitrogens is 2. The van der Waals surface area contributed by atoms with Crippen molar-refractivity contribution in [1.29, 1.82) is 5.26 Å². The first-order valence-electron chi connectivity index (χ1n) is 12.5. The largest absolute Gasteiger partial charge is 0.371 e. The SMILES string of the molecule is N#Cc1c(N2CCCCC2)c2sc3cc(N4CCCCC4)ccc3c2n2c1nc1ccccc12. The molecule has 34 heavy (non-hydrogen) atoms. The Morgan fingerprint density at radius 2 is 1.59 bits per heavy atom. The maximum absolute atomic E-state index is 10.4. The molecular weight excluding hydrogens is 438 g/mol. The van der Waals surface area contributed by atoms with Crippen LogP contribution in [0.5, 0.6) is 0 Å². The summed E-state index contributed by atoms with van der Waals surface area (Å²) >= 11 is 1.85. The van der Waals surface area contributed by atoms with Gasteiger partial charge in [-0.2, -0.15) is 5.26 Å². The van der Waals surface area contributed by atoms with E-state index in [1.807, 2.05) is 17.4 Å². The second-order valence-corrected chi connectivity index (χ2v) is 10.7. The minimum Gasteiger partial charge on any atom is -0.371 e. The first-order valence-corrected chi connectivity index (χ1v) is 13.3. The Kier molecular flexibility index (Phi) is 4.66. The molecule has 7 rings (SSSR count). The van der Waals surface area contributed by atoms with E-state index in [4.69, 9.17) is 4.98 Å². The Bertz CT molecular complexity index is 1590. The number of nitrogens with zero attached hydrogens (tertiary/aromatic N) is 5. The van der Waals surface area contributed by atoms with Crippen LogP contribution >= 0.6 is 11.3 Å². The molecule has 6 heteroatoms. The van der Waals surface area contributed by atoms with Crippen molar-refractivity contribution >= 4 is 59.7 Å². The number of para-hydroxylation sites is 2. The predicted octanol–water partition coefficient (Wildman–Crippen LogP) is 6.71. The Morgan fingerprint density at radius 1 is 0.853 bits per heavy atom. The van der Waals surface area contributed by atoms with Crippen molar-refractivity contribution < 1.29 is 0 Å². The van der Waals surface area contributed by atoms with Crippen LogP contribution < -0.4 is 9.80 Å². The zero-order chi connectivity index (χ0) is 22.6. The van der Waals surface area contributed by atoms with Crippen LogP contribution in [0.4, 0.5) is 11.4 Å². The Balaban J connectivity index is 1.59. The van der Waals surface area contributed by atoms with Crippen molar-refractivity contribution in [2.45, 2.75) is 38.5 Å². The lowest BCUT2D eigenvalue weighted by Crippen LogP contribution is -2.30. The number of pyridine rings is 1. The number of piperidine rings is 2. The molecule has 0 atom stereocenters. The Hall–Kier alpha value is -3.30. The fourth-order valence-electron chi connectivity index (χ4n) is 5.96. The molecule has 0 radical (unpaired) electrons. The van der Waals surface area contributed by atoms with Gasteiger partial charge >= 0.3 is 0 Å². The van der Waals surface area contributed by atoms with Crippen LogP contribution in [0.2, 0.25) is 0 Å². The standard InChI is InChI=1S/C28H27N5S/c29-18-21-25(32-15-7-2-8-16-32)27-26(33-23-10-4-3-9-22(23)30-28(21)33)20-12-11-19(17-24(20)34-27)31-13-5-1-6-14-31/h3-4,9-12,17H,1-2,5-8,13-16H2. The lowest BCUT2D eigenvalue weighted by Gasteiger charge is -2.30. The van der Waals surface area contributed by atoms with E-state index in [1.165, 1.54) is 64.5 Å². The molecule has 0 amide bonds. The minimum atomic E-state index is 0.716. The van der Waals surface area contributed by atoms with Crippen LogP contribution in [0, 0.1) is 11.3 Å². The summed E-state index contributed by atoms with van der Waals surface area (Å²) in [5.41, 5.74) is 7.15. The number of hydrogen-bond acceptors (Lipinski definition) is 5. The van der Waals surface area contributed by atoms with Crippen molar-refractivity contribution in [2.24, 2.45) is 0 Å². The highest BCUT2D eigenvalue weighted by Crippen LogP contribution is 2.45. The second-order valence-electron chi connectivity index (χ2n) is 9.65. The van der Waals surface area contributed by atoms with Gasteiger partial charge in [0.2, 0.25) is 0 Å². The average Bonchev–Trinajstić information content (AvgIpc) is 3.46. The topological polar surface area (TPSA) is 47.6 Å². The van der Waals surface area contributed by atoms with Gasteiger partial charge in [0, 0.05) is 42.0 Å². The smallest absolute Gasteiger partial charge is 0.158 e. The van der Waals surface area contributed by atoms with Crippen LogP contribution in [0.25, 0.3) is 37.0 Å². The lowest BCUT2D eigenvalue weighted by atomic mass is 10.1. The zero-order valence-corrected chi connectivity index (χ0v) is 20.1. The van der Waals surface area contributed by atoms with Gasteiger partial charge < -0.3 is 9.80 Å². The number of thiophene rings is 1. The van der Waals surface area contributed by atoms with Gasteiger partial charge in [0.25, 0.3) is 0 Å². The highest BCUT2D eigenvalue weighted by Gasteiger charge is 2.26. The molecule has 0 aliphatic carbocycles. The molecule has 0 saturated carbocycles. The normalized spacial score (nSPS) is 17.3. The number of hydrogen-bond donors (Lipinski definition) is 0. The van der Waals surface area contributed by atoms with Crippen molar-refractivity contribution in [1.82, 2.24) is 9.38 Å². The summed E-state index contributed by atoms with van der Waals surface area (Å²) in [4.78, 5) is 9.96. The van der Waals surface area contributed by atoms with Gasteiger partial charge in [-0.25, -0.2) is 4.98 Å². The summed E-state index contributed by atoms with van der Waals surface area (Å²) in [7, 11) is 0. The monoisotopic (exact) mass is 465 g/mol. The number of anilines is 2. The van der Waals surface area contributed by atoms with E-state index in [2.05, 4.69) is 56.7 Å². The predicted molar refractivity (Wildman–Crippen MR) is 142 cm³/mol. The number of fused-ring (bicyclic) bond motifs is 7. The third-order valence-electron chi connectivity index (χ3n) is 7.61. The van der Waals surface area contributed by atoms with Gasteiger partial charge in [0.05, 0.1) is 26.9 Å². The Labute approximate surface area is 202 Å². The average molecular weight is 466 g/mol. The molecule has 5 heterocycles. The molecule has 5 aromatic rings. The van der Waals surface area contributed by atoms with Crippen LogP contribution in [0.3, 0.4) is 0 Å². The number of benzene rings is 2. The molecule has 2 aromatic carbocycles. The van der Waals surface area contributed by atoms with E-state index in [1.54, 1.807) is 0 Å². The molecule has 2 aliphatic heterocycles.